The minimum atomic E-state index is 0.0612. The van der Waals surface area contributed by atoms with Crippen molar-refractivity contribution in [3.63, 3.8) is 0 Å². The molecule has 144 valence electrons. The molecule has 0 bridgehead atoms. The molecule has 2 aromatic heterocycles. The molecule has 0 spiro atoms. The average Bonchev–Trinajstić information content (AvgIpc) is 3.16. The first-order chi connectivity index (χ1) is 13.0. The second-order valence-electron chi connectivity index (χ2n) is 7.86. The topological polar surface area (TPSA) is 54.9 Å². The standard InChI is InChI=1S/C20H25ClN4OS/c1-4-16-22-20-25(23-16)19(26)18(27-20)17(14-5-7-15(21)8-6-14)24-10-12(2)9-13(3)11-24/h5-8,12-13,17,26H,4,9-11H2,1-3H3/p+1/t12-,13+,17-/m1/s1. The summed E-state index contributed by atoms with van der Waals surface area (Å²) in [5.74, 6) is 2.31. The van der Waals surface area contributed by atoms with Crippen LogP contribution in [0.25, 0.3) is 4.96 Å². The highest BCUT2D eigenvalue weighted by Crippen LogP contribution is 2.36. The first kappa shape index (κ1) is 18.7. The second kappa shape index (κ2) is 7.41. The Bertz CT molecular complexity index is 926. The van der Waals surface area contributed by atoms with Gasteiger partial charge < -0.3 is 10.0 Å². The molecule has 7 heteroatoms. The Labute approximate surface area is 168 Å². The van der Waals surface area contributed by atoms with Crippen molar-refractivity contribution >= 4 is 27.9 Å². The maximum absolute atomic E-state index is 11.0. The summed E-state index contributed by atoms with van der Waals surface area (Å²) in [6, 6.07) is 8.09. The number of quaternary nitrogens is 1. The van der Waals surface area contributed by atoms with Crippen LogP contribution in [0.2, 0.25) is 5.02 Å². The number of benzene rings is 1. The number of aromatic hydroxyl groups is 1. The number of nitrogens with one attached hydrogen (secondary N) is 1. The van der Waals surface area contributed by atoms with Crippen molar-refractivity contribution < 1.29 is 10.0 Å². The predicted molar refractivity (Wildman–Crippen MR) is 109 cm³/mol. The highest BCUT2D eigenvalue weighted by atomic mass is 35.5. The van der Waals surface area contributed by atoms with Gasteiger partial charge in [0, 0.05) is 28.8 Å². The fourth-order valence-electron chi connectivity index (χ4n) is 4.42. The lowest BCUT2D eigenvalue weighted by Crippen LogP contribution is -3.14. The number of rotatable bonds is 4. The molecule has 3 heterocycles. The molecule has 0 aliphatic carbocycles. The van der Waals surface area contributed by atoms with Gasteiger partial charge in [-0.2, -0.15) is 4.52 Å². The van der Waals surface area contributed by atoms with Crippen molar-refractivity contribution in [1.82, 2.24) is 14.6 Å². The lowest BCUT2D eigenvalue weighted by Gasteiger charge is -2.37. The van der Waals surface area contributed by atoms with Gasteiger partial charge in [0.15, 0.2) is 11.9 Å². The number of aryl methyl sites for hydroxylation is 1. The molecule has 1 aliphatic rings. The summed E-state index contributed by atoms with van der Waals surface area (Å²) in [4.78, 5) is 7.74. The van der Waals surface area contributed by atoms with Gasteiger partial charge in [0.05, 0.1) is 13.1 Å². The van der Waals surface area contributed by atoms with Crippen LogP contribution in [-0.4, -0.2) is 32.8 Å². The summed E-state index contributed by atoms with van der Waals surface area (Å²) in [7, 11) is 0. The molecule has 4 atom stereocenters. The van der Waals surface area contributed by atoms with Crippen molar-refractivity contribution in [3.8, 4) is 5.88 Å². The van der Waals surface area contributed by atoms with Gasteiger partial charge in [0.2, 0.25) is 10.8 Å². The molecule has 1 fully saturated rings. The van der Waals surface area contributed by atoms with Crippen LogP contribution < -0.4 is 4.90 Å². The molecular formula is C20H26ClN4OS+. The van der Waals surface area contributed by atoms with E-state index in [-0.39, 0.29) is 11.9 Å². The van der Waals surface area contributed by atoms with Crippen LogP contribution in [0.5, 0.6) is 5.88 Å². The van der Waals surface area contributed by atoms with E-state index in [1.165, 1.54) is 16.9 Å². The highest BCUT2D eigenvalue weighted by molar-refractivity contribution is 7.17. The van der Waals surface area contributed by atoms with Crippen LogP contribution in [0.4, 0.5) is 0 Å². The van der Waals surface area contributed by atoms with Gasteiger partial charge in [0.1, 0.15) is 4.88 Å². The third-order valence-electron chi connectivity index (χ3n) is 5.46. The number of aromatic nitrogens is 3. The van der Waals surface area contributed by atoms with Crippen LogP contribution in [0, 0.1) is 11.8 Å². The Hall–Kier alpha value is -1.63. The smallest absolute Gasteiger partial charge is 0.235 e. The van der Waals surface area contributed by atoms with Gasteiger partial charge in [-0.05, 0) is 18.6 Å². The Morgan fingerprint density at radius 1 is 1.26 bits per heavy atom. The van der Waals surface area contributed by atoms with Crippen LogP contribution in [-0.2, 0) is 6.42 Å². The van der Waals surface area contributed by atoms with Crippen LogP contribution in [0.15, 0.2) is 24.3 Å². The number of thiazole rings is 1. The minimum absolute atomic E-state index is 0.0612. The van der Waals surface area contributed by atoms with Gasteiger partial charge in [-0.1, -0.05) is 55.8 Å². The van der Waals surface area contributed by atoms with E-state index in [9.17, 15) is 5.11 Å². The van der Waals surface area contributed by atoms with Crippen molar-refractivity contribution in [1.29, 1.82) is 0 Å². The number of hydrogen-bond donors (Lipinski definition) is 2. The SMILES string of the molecule is CCc1nc2sc([C@@H](c3ccc(Cl)cc3)[NH+]3C[C@H](C)C[C@H](C)C3)c(O)n2n1. The molecule has 1 saturated heterocycles. The van der Waals surface area contributed by atoms with E-state index < -0.39 is 0 Å². The fourth-order valence-corrected chi connectivity index (χ4v) is 5.71. The van der Waals surface area contributed by atoms with E-state index >= 15 is 0 Å². The quantitative estimate of drug-likeness (QED) is 0.699. The summed E-state index contributed by atoms with van der Waals surface area (Å²) in [5, 5.41) is 16.2. The van der Waals surface area contributed by atoms with Crippen LogP contribution >= 0.6 is 22.9 Å². The maximum Gasteiger partial charge on any atom is 0.235 e. The number of nitrogens with zero attached hydrogens (tertiary/aromatic N) is 3. The number of piperidine rings is 1. The van der Waals surface area contributed by atoms with E-state index in [4.69, 9.17) is 11.6 Å². The van der Waals surface area contributed by atoms with Crippen molar-refractivity contribution in [2.24, 2.45) is 11.8 Å². The van der Waals surface area contributed by atoms with Gasteiger partial charge >= 0.3 is 0 Å². The molecule has 1 unspecified atom stereocenters. The summed E-state index contributed by atoms with van der Waals surface area (Å²) >= 11 is 7.68. The lowest BCUT2D eigenvalue weighted by molar-refractivity contribution is -0.936. The molecule has 3 aromatic rings. The normalized spacial score (nSPS) is 24.4. The summed E-state index contributed by atoms with van der Waals surface area (Å²) in [5.41, 5.74) is 1.17. The maximum atomic E-state index is 11.0. The molecule has 27 heavy (non-hydrogen) atoms. The molecule has 0 radical (unpaired) electrons. The first-order valence-electron chi connectivity index (χ1n) is 9.63. The number of halogens is 1. The molecule has 1 aromatic carbocycles. The zero-order valence-electron chi connectivity index (χ0n) is 15.9. The van der Waals surface area contributed by atoms with Gasteiger partial charge in [-0.15, -0.1) is 5.10 Å². The summed E-state index contributed by atoms with van der Waals surface area (Å²) < 4.78 is 1.60. The number of hydrogen-bond acceptors (Lipinski definition) is 4. The molecule has 1 aliphatic heterocycles. The third kappa shape index (κ3) is 3.58. The largest absolute Gasteiger partial charge is 0.492 e. The molecule has 2 N–H and O–H groups in total. The minimum Gasteiger partial charge on any atom is -0.492 e. The first-order valence-corrected chi connectivity index (χ1v) is 10.8. The Kier molecular flexibility index (Phi) is 5.14. The highest BCUT2D eigenvalue weighted by Gasteiger charge is 2.37. The molecular weight excluding hydrogens is 380 g/mol. The fraction of sp³-hybridized carbons (Fsp3) is 0.500. The summed E-state index contributed by atoms with van der Waals surface area (Å²) in [6.07, 6.45) is 2.02. The Morgan fingerprint density at radius 3 is 2.52 bits per heavy atom. The molecule has 0 amide bonds. The predicted octanol–water partition coefficient (Wildman–Crippen LogP) is 3.36. The monoisotopic (exact) mass is 405 g/mol. The van der Waals surface area contributed by atoms with E-state index in [0.717, 1.165) is 40.2 Å². The number of likely N-dealkylation sites (tertiary alicyclic amines) is 1. The van der Waals surface area contributed by atoms with Crippen molar-refractivity contribution in [2.45, 2.75) is 39.7 Å². The lowest BCUT2D eigenvalue weighted by atomic mass is 9.89. The number of fused-ring (bicyclic) bond motifs is 1. The van der Waals surface area contributed by atoms with Crippen molar-refractivity contribution in [2.75, 3.05) is 13.1 Å². The zero-order chi connectivity index (χ0) is 19.1. The molecule has 0 saturated carbocycles. The summed E-state index contributed by atoms with van der Waals surface area (Å²) in [6.45, 7) is 8.85. The second-order valence-corrected chi connectivity index (χ2v) is 9.31. The van der Waals surface area contributed by atoms with Crippen molar-refractivity contribution in [3.05, 3.63) is 45.6 Å². The van der Waals surface area contributed by atoms with Crippen LogP contribution in [0.3, 0.4) is 0 Å². The Balaban J connectivity index is 1.81. The van der Waals surface area contributed by atoms with E-state index in [1.807, 2.05) is 19.1 Å². The molecule has 4 rings (SSSR count). The van der Waals surface area contributed by atoms with E-state index in [2.05, 4.69) is 36.1 Å². The van der Waals surface area contributed by atoms with E-state index in [0.29, 0.717) is 11.8 Å². The van der Waals surface area contributed by atoms with Gasteiger partial charge in [-0.3, -0.25) is 0 Å². The van der Waals surface area contributed by atoms with Gasteiger partial charge in [-0.25, -0.2) is 4.98 Å². The third-order valence-corrected chi connectivity index (χ3v) is 6.80. The van der Waals surface area contributed by atoms with Crippen LogP contribution in [0.1, 0.15) is 49.5 Å². The average molecular weight is 406 g/mol. The molecule has 5 nitrogen and oxygen atoms in total. The van der Waals surface area contributed by atoms with Gasteiger partial charge in [0.25, 0.3) is 0 Å². The zero-order valence-corrected chi connectivity index (χ0v) is 17.5. The van der Waals surface area contributed by atoms with E-state index in [1.54, 1.807) is 15.9 Å². The Morgan fingerprint density at radius 2 is 1.93 bits per heavy atom.